The van der Waals surface area contributed by atoms with Gasteiger partial charge in [0.05, 0.1) is 6.61 Å². The van der Waals surface area contributed by atoms with Crippen molar-refractivity contribution in [3.05, 3.63) is 41.5 Å². The molecule has 0 spiro atoms. The smallest absolute Gasteiger partial charge is 0.378 e. The number of para-hydroxylation sites is 1. The molecule has 1 aliphatic rings. The van der Waals surface area contributed by atoms with Crippen molar-refractivity contribution in [3.63, 3.8) is 0 Å². The van der Waals surface area contributed by atoms with Gasteiger partial charge in [0, 0.05) is 13.5 Å². The van der Waals surface area contributed by atoms with Gasteiger partial charge in [0.1, 0.15) is 5.75 Å². The van der Waals surface area contributed by atoms with Gasteiger partial charge >= 0.3 is 5.97 Å². The number of aromatic nitrogens is 3. The number of carbonyl (C=O) groups is 1. The van der Waals surface area contributed by atoms with E-state index in [1.54, 1.807) is 18.7 Å². The predicted octanol–water partition coefficient (Wildman–Crippen LogP) is 1.67. The Kier molecular flexibility index (Phi) is 3.14. The summed E-state index contributed by atoms with van der Waals surface area (Å²) in [5, 5.41) is 4.09. The fourth-order valence-corrected chi connectivity index (χ4v) is 2.29. The minimum absolute atomic E-state index is 0.0731. The van der Waals surface area contributed by atoms with Crippen LogP contribution in [0.15, 0.2) is 24.3 Å². The SMILES string of the molecule is CCOC(=O)c1nc(C2Cc3ccccc3O2)n(C)n1. The van der Waals surface area contributed by atoms with E-state index in [9.17, 15) is 4.79 Å². The quantitative estimate of drug-likeness (QED) is 0.796. The highest BCUT2D eigenvalue weighted by atomic mass is 16.5. The third-order valence-corrected chi connectivity index (χ3v) is 3.19. The number of nitrogens with zero attached hydrogens (tertiary/aromatic N) is 3. The van der Waals surface area contributed by atoms with E-state index in [1.165, 1.54) is 0 Å². The summed E-state index contributed by atoms with van der Waals surface area (Å²) in [4.78, 5) is 15.9. The van der Waals surface area contributed by atoms with Crippen molar-refractivity contribution < 1.29 is 14.3 Å². The first kappa shape index (κ1) is 12.7. The van der Waals surface area contributed by atoms with E-state index in [1.807, 2.05) is 24.3 Å². The molecule has 1 aliphatic heterocycles. The minimum Gasteiger partial charge on any atom is -0.482 e. The molecule has 20 heavy (non-hydrogen) atoms. The zero-order chi connectivity index (χ0) is 14.1. The third kappa shape index (κ3) is 2.13. The molecule has 104 valence electrons. The normalized spacial score (nSPS) is 16.6. The third-order valence-electron chi connectivity index (χ3n) is 3.19. The number of aryl methyl sites for hydroxylation is 1. The van der Waals surface area contributed by atoms with Gasteiger partial charge in [-0.05, 0) is 18.6 Å². The second-order valence-corrected chi connectivity index (χ2v) is 4.56. The fourth-order valence-electron chi connectivity index (χ4n) is 2.29. The highest BCUT2D eigenvalue weighted by molar-refractivity contribution is 5.85. The number of rotatable bonds is 3. The average molecular weight is 273 g/mol. The molecule has 2 heterocycles. The van der Waals surface area contributed by atoms with Gasteiger partial charge in [0.2, 0.25) is 0 Å². The summed E-state index contributed by atoms with van der Waals surface area (Å²) in [7, 11) is 1.75. The zero-order valence-electron chi connectivity index (χ0n) is 11.4. The van der Waals surface area contributed by atoms with E-state index in [2.05, 4.69) is 10.1 Å². The average Bonchev–Trinajstić information content (AvgIpc) is 3.01. The Morgan fingerprint density at radius 1 is 1.50 bits per heavy atom. The van der Waals surface area contributed by atoms with Crippen LogP contribution in [-0.2, 0) is 18.2 Å². The van der Waals surface area contributed by atoms with Gasteiger partial charge in [-0.2, -0.15) is 0 Å². The van der Waals surface area contributed by atoms with Crippen LogP contribution in [0.5, 0.6) is 5.75 Å². The minimum atomic E-state index is -0.509. The van der Waals surface area contributed by atoms with E-state index in [0.29, 0.717) is 12.4 Å². The topological polar surface area (TPSA) is 66.2 Å². The molecular weight excluding hydrogens is 258 g/mol. The molecule has 1 aromatic carbocycles. The van der Waals surface area contributed by atoms with Crippen LogP contribution in [0, 0.1) is 0 Å². The maximum Gasteiger partial charge on any atom is 0.378 e. The zero-order valence-corrected chi connectivity index (χ0v) is 11.4. The summed E-state index contributed by atoms with van der Waals surface area (Å²) < 4.78 is 12.3. The van der Waals surface area contributed by atoms with Crippen LogP contribution in [0.1, 0.15) is 35.0 Å². The Labute approximate surface area is 116 Å². The van der Waals surface area contributed by atoms with Crippen molar-refractivity contribution in [2.45, 2.75) is 19.4 Å². The molecule has 1 aromatic heterocycles. The van der Waals surface area contributed by atoms with E-state index in [0.717, 1.165) is 17.7 Å². The molecule has 0 aliphatic carbocycles. The number of benzene rings is 1. The molecular formula is C14H15N3O3. The molecule has 0 saturated carbocycles. The van der Waals surface area contributed by atoms with Crippen molar-refractivity contribution in [2.75, 3.05) is 6.61 Å². The van der Waals surface area contributed by atoms with Crippen LogP contribution in [0.4, 0.5) is 0 Å². The number of hydrogen-bond donors (Lipinski definition) is 0. The number of esters is 1. The molecule has 2 aromatic rings. The first-order valence-electron chi connectivity index (χ1n) is 6.51. The van der Waals surface area contributed by atoms with Crippen molar-refractivity contribution in [1.29, 1.82) is 0 Å². The molecule has 0 amide bonds. The first-order valence-corrected chi connectivity index (χ1v) is 6.51. The summed E-state index contributed by atoms with van der Waals surface area (Å²) in [6.07, 6.45) is 0.512. The van der Waals surface area contributed by atoms with Crippen molar-refractivity contribution >= 4 is 5.97 Å². The second kappa shape index (κ2) is 4.96. The lowest BCUT2D eigenvalue weighted by atomic mass is 10.1. The van der Waals surface area contributed by atoms with Gasteiger partial charge in [0.25, 0.3) is 5.82 Å². The lowest BCUT2D eigenvalue weighted by molar-refractivity contribution is 0.0511. The van der Waals surface area contributed by atoms with Crippen LogP contribution in [0.25, 0.3) is 0 Å². The molecule has 0 fully saturated rings. The Morgan fingerprint density at radius 2 is 2.30 bits per heavy atom. The van der Waals surface area contributed by atoms with Gasteiger partial charge in [-0.15, -0.1) is 5.10 Å². The lowest BCUT2D eigenvalue weighted by Gasteiger charge is -2.08. The Bertz CT molecular complexity index is 626. The number of hydrogen-bond acceptors (Lipinski definition) is 5. The standard InChI is InChI=1S/C14H15N3O3/c1-3-19-14(18)12-15-13(17(2)16-12)11-8-9-6-4-5-7-10(9)20-11/h4-7,11H,3,8H2,1-2H3. The Morgan fingerprint density at radius 3 is 3.05 bits per heavy atom. The molecule has 0 saturated heterocycles. The lowest BCUT2D eigenvalue weighted by Crippen LogP contribution is -2.10. The monoisotopic (exact) mass is 273 g/mol. The molecule has 1 atom stereocenters. The van der Waals surface area contributed by atoms with E-state index in [4.69, 9.17) is 9.47 Å². The van der Waals surface area contributed by atoms with Gasteiger partial charge in [-0.1, -0.05) is 18.2 Å². The fraction of sp³-hybridized carbons (Fsp3) is 0.357. The van der Waals surface area contributed by atoms with Crippen molar-refractivity contribution in [1.82, 2.24) is 14.8 Å². The van der Waals surface area contributed by atoms with Gasteiger partial charge in [0.15, 0.2) is 11.9 Å². The molecule has 0 radical (unpaired) electrons. The predicted molar refractivity (Wildman–Crippen MR) is 70.5 cm³/mol. The van der Waals surface area contributed by atoms with Crippen LogP contribution in [0.2, 0.25) is 0 Å². The van der Waals surface area contributed by atoms with Crippen molar-refractivity contribution in [2.24, 2.45) is 7.05 Å². The number of ether oxygens (including phenoxy) is 2. The van der Waals surface area contributed by atoms with Crippen LogP contribution >= 0.6 is 0 Å². The Balaban J connectivity index is 1.84. The van der Waals surface area contributed by atoms with Crippen LogP contribution in [-0.4, -0.2) is 27.3 Å². The second-order valence-electron chi connectivity index (χ2n) is 4.56. The van der Waals surface area contributed by atoms with E-state index >= 15 is 0 Å². The number of carbonyl (C=O) groups excluding carboxylic acids is 1. The maximum absolute atomic E-state index is 11.6. The Hall–Kier alpha value is -2.37. The highest BCUT2D eigenvalue weighted by Gasteiger charge is 2.29. The first-order chi connectivity index (χ1) is 9.69. The summed E-state index contributed by atoms with van der Waals surface area (Å²) >= 11 is 0. The summed E-state index contributed by atoms with van der Waals surface area (Å²) in [5.41, 5.74) is 1.14. The summed E-state index contributed by atoms with van der Waals surface area (Å²) in [6.45, 7) is 2.05. The van der Waals surface area contributed by atoms with Crippen molar-refractivity contribution in [3.8, 4) is 5.75 Å². The van der Waals surface area contributed by atoms with Gasteiger partial charge in [-0.25, -0.2) is 14.5 Å². The van der Waals surface area contributed by atoms with Crippen LogP contribution in [0.3, 0.4) is 0 Å². The molecule has 6 nitrogen and oxygen atoms in total. The van der Waals surface area contributed by atoms with Gasteiger partial charge < -0.3 is 9.47 Å². The van der Waals surface area contributed by atoms with Gasteiger partial charge in [-0.3, -0.25) is 0 Å². The van der Waals surface area contributed by atoms with Crippen LogP contribution < -0.4 is 4.74 Å². The van der Waals surface area contributed by atoms with E-state index < -0.39 is 5.97 Å². The molecule has 3 rings (SSSR count). The highest BCUT2D eigenvalue weighted by Crippen LogP contribution is 2.35. The number of fused-ring (bicyclic) bond motifs is 1. The maximum atomic E-state index is 11.6. The molecule has 1 unspecified atom stereocenters. The molecule has 0 N–H and O–H groups in total. The largest absolute Gasteiger partial charge is 0.482 e. The summed E-state index contributed by atoms with van der Waals surface area (Å²) in [5.74, 6) is 1.05. The summed E-state index contributed by atoms with van der Waals surface area (Å²) in [6, 6.07) is 7.86. The van der Waals surface area contributed by atoms with E-state index in [-0.39, 0.29) is 11.9 Å². The molecule has 6 heteroatoms. The molecule has 0 bridgehead atoms.